The molecule has 0 radical (unpaired) electrons. The van der Waals surface area contributed by atoms with E-state index in [1.54, 1.807) is 0 Å². The molecule has 1 heteroatoms. The molecule has 0 amide bonds. The van der Waals surface area contributed by atoms with Gasteiger partial charge in [-0.3, -0.25) is 0 Å². The van der Waals surface area contributed by atoms with E-state index >= 15 is 0 Å². The quantitative estimate of drug-likeness (QED) is 0.614. The molecule has 0 rings (SSSR count). The molecule has 0 aliphatic heterocycles. The Morgan fingerprint density at radius 3 is 2.28 bits per heavy atom. The van der Waals surface area contributed by atoms with Gasteiger partial charge in [0.2, 0.25) is 0 Å². The molecule has 0 saturated heterocycles. The first-order valence-corrected chi connectivity index (χ1v) is 6.99. The Balaban J connectivity index is 5.11. The first-order chi connectivity index (χ1) is 8.60. The fourth-order valence-electron chi connectivity index (χ4n) is 1.64. The number of nitrogens with one attached hydrogen (secondary N) is 1. The Hall–Kier alpha value is -1.24. The number of likely N-dealkylation sites (N-methyl/N-ethyl adjacent to an activating group) is 1. The lowest BCUT2D eigenvalue weighted by Crippen LogP contribution is -2.08. The summed E-state index contributed by atoms with van der Waals surface area (Å²) >= 11 is 0. The maximum absolute atomic E-state index is 3.30. The second-order valence-corrected chi connectivity index (χ2v) is 4.56. The van der Waals surface area contributed by atoms with Crippen LogP contribution < -0.4 is 5.32 Å². The number of unbranched alkanes of at least 4 members (excludes halogenated alkanes) is 1. The highest BCUT2D eigenvalue weighted by molar-refractivity contribution is 5.42. The molecule has 0 aliphatic rings. The molecular weight excluding hydrogens is 218 g/mol. The molecule has 0 spiro atoms. The minimum atomic E-state index is 1.11. The van der Waals surface area contributed by atoms with Gasteiger partial charge in [0, 0.05) is 12.7 Å². The summed E-state index contributed by atoms with van der Waals surface area (Å²) in [5.41, 5.74) is 5.24. The third kappa shape index (κ3) is 5.90. The molecule has 1 nitrogen and oxygen atoms in total. The Morgan fingerprint density at radius 2 is 1.83 bits per heavy atom. The van der Waals surface area contributed by atoms with Crippen molar-refractivity contribution in [2.75, 3.05) is 7.05 Å². The standard InChI is InChI=1S/C17H29N/c1-7-10-11-12-16(9-3)17(18-6)13-15(5)14(4)8-2/h9,11-13,18H,7-8,10H2,1-6H3/b12-11+,15-14-,16-9-,17-13+. The van der Waals surface area contributed by atoms with Crippen LogP contribution in [0.3, 0.4) is 0 Å². The van der Waals surface area contributed by atoms with Gasteiger partial charge in [0.15, 0.2) is 0 Å². The van der Waals surface area contributed by atoms with Crippen LogP contribution in [-0.4, -0.2) is 7.05 Å². The van der Waals surface area contributed by atoms with Gasteiger partial charge in [0.05, 0.1) is 0 Å². The molecule has 0 atom stereocenters. The van der Waals surface area contributed by atoms with Crippen LogP contribution in [0.4, 0.5) is 0 Å². The zero-order valence-corrected chi connectivity index (χ0v) is 12.9. The maximum atomic E-state index is 3.30. The predicted octanol–water partition coefficient (Wildman–Crippen LogP) is 5.14. The molecule has 0 aliphatic carbocycles. The summed E-state index contributed by atoms with van der Waals surface area (Å²) in [6.07, 6.45) is 12.3. The van der Waals surface area contributed by atoms with E-state index < -0.39 is 0 Å². The maximum Gasteiger partial charge on any atom is 0.0410 e. The van der Waals surface area contributed by atoms with Crippen molar-refractivity contribution in [3.05, 3.63) is 46.7 Å². The highest BCUT2D eigenvalue weighted by atomic mass is 14.8. The average molecular weight is 247 g/mol. The first-order valence-electron chi connectivity index (χ1n) is 6.99. The van der Waals surface area contributed by atoms with Crippen LogP contribution in [0.25, 0.3) is 0 Å². The van der Waals surface area contributed by atoms with Crippen LogP contribution in [0.15, 0.2) is 46.7 Å². The van der Waals surface area contributed by atoms with Gasteiger partial charge in [0.1, 0.15) is 0 Å². The Morgan fingerprint density at radius 1 is 1.17 bits per heavy atom. The largest absolute Gasteiger partial charge is 0.388 e. The second-order valence-electron chi connectivity index (χ2n) is 4.56. The van der Waals surface area contributed by atoms with Crippen molar-refractivity contribution in [1.82, 2.24) is 5.32 Å². The highest BCUT2D eigenvalue weighted by Gasteiger charge is 2.00. The van der Waals surface area contributed by atoms with E-state index in [2.05, 4.69) is 64.2 Å². The summed E-state index contributed by atoms with van der Waals surface area (Å²) in [6.45, 7) is 10.9. The van der Waals surface area contributed by atoms with Crippen molar-refractivity contribution >= 4 is 0 Å². The van der Waals surface area contributed by atoms with E-state index in [4.69, 9.17) is 0 Å². The average Bonchev–Trinajstić information content (AvgIpc) is 2.40. The molecule has 0 unspecified atom stereocenters. The summed E-state index contributed by atoms with van der Waals surface area (Å²) in [5.74, 6) is 0. The van der Waals surface area contributed by atoms with Crippen molar-refractivity contribution in [2.24, 2.45) is 0 Å². The van der Waals surface area contributed by atoms with Gasteiger partial charge in [-0.05, 0) is 45.3 Å². The minimum Gasteiger partial charge on any atom is -0.388 e. The third-order valence-corrected chi connectivity index (χ3v) is 3.21. The van der Waals surface area contributed by atoms with E-state index in [1.807, 2.05) is 7.05 Å². The van der Waals surface area contributed by atoms with Crippen molar-refractivity contribution in [3.8, 4) is 0 Å². The van der Waals surface area contributed by atoms with Gasteiger partial charge >= 0.3 is 0 Å². The van der Waals surface area contributed by atoms with Crippen LogP contribution >= 0.6 is 0 Å². The molecule has 0 aromatic heterocycles. The van der Waals surface area contributed by atoms with Gasteiger partial charge in [-0.1, -0.05) is 49.6 Å². The smallest absolute Gasteiger partial charge is 0.0410 e. The van der Waals surface area contributed by atoms with E-state index in [1.165, 1.54) is 28.8 Å². The number of rotatable bonds is 7. The van der Waals surface area contributed by atoms with Crippen molar-refractivity contribution in [2.45, 2.75) is 53.9 Å². The van der Waals surface area contributed by atoms with Crippen LogP contribution in [0.2, 0.25) is 0 Å². The van der Waals surface area contributed by atoms with Gasteiger partial charge < -0.3 is 5.32 Å². The lowest BCUT2D eigenvalue weighted by Gasteiger charge is -2.10. The summed E-state index contributed by atoms with van der Waals surface area (Å²) < 4.78 is 0. The Kier molecular flexibility index (Phi) is 9.08. The summed E-state index contributed by atoms with van der Waals surface area (Å²) in [6, 6.07) is 0. The molecule has 0 saturated carbocycles. The summed E-state index contributed by atoms with van der Waals surface area (Å²) in [7, 11) is 1.98. The minimum absolute atomic E-state index is 1.11. The van der Waals surface area contributed by atoms with Gasteiger partial charge in [-0.2, -0.15) is 0 Å². The normalized spacial score (nSPS) is 15.0. The Labute approximate surface area is 113 Å². The lowest BCUT2D eigenvalue weighted by atomic mass is 10.0. The molecule has 18 heavy (non-hydrogen) atoms. The first kappa shape index (κ1) is 16.8. The van der Waals surface area contributed by atoms with Gasteiger partial charge in [-0.25, -0.2) is 0 Å². The predicted molar refractivity (Wildman–Crippen MR) is 83.6 cm³/mol. The van der Waals surface area contributed by atoms with E-state index in [-0.39, 0.29) is 0 Å². The molecule has 0 bridgehead atoms. The highest BCUT2D eigenvalue weighted by Crippen LogP contribution is 2.15. The molecule has 0 aromatic carbocycles. The van der Waals surface area contributed by atoms with E-state index in [0.717, 1.165) is 12.8 Å². The molecule has 1 N–H and O–H groups in total. The second kappa shape index (κ2) is 9.76. The molecule has 102 valence electrons. The van der Waals surface area contributed by atoms with Crippen molar-refractivity contribution in [3.63, 3.8) is 0 Å². The lowest BCUT2D eigenvalue weighted by molar-refractivity contribution is 0.953. The molecule has 0 fully saturated rings. The summed E-state index contributed by atoms with van der Waals surface area (Å²) in [5, 5.41) is 3.30. The van der Waals surface area contributed by atoms with Crippen molar-refractivity contribution in [1.29, 1.82) is 0 Å². The van der Waals surface area contributed by atoms with Crippen LogP contribution in [0, 0.1) is 0 Å². The van der Waals surface area contributed by atoms with Crippen LogP contribution in [-0.2, 0) is 0 Å². The number of allylic oxidation sites excluding steroid dienone is 6. The van der Waals surface area contributed by atoms with Gasteiger partial charge in [-0.15, -0.1) is 0 Å². The zero-order valence-electron chi connectivity index (χ0n) is 12.9. The van der Waals surface area contributed by atoms with E-state index in [0.29, 0.717) is 0 Å². The van der Waals surface area contributed by atoms with E-state index in [9.17, 15) is 0 Å². The summed E-state index contributed by atoms with van der Waals surface area (Å²) in [4.78, 5) is 0. The number of hydrogen-bond acceptors (Lipinski definition) is 1. The van der Waals surface area contributed by atoms with Gasteiger partial charge in [0.25, 0.3) is 0 Å². The van der Waals surface area contributed by atoms with Crippen molar-refractivity contribution < 1.29 is 0 Å². The van der Waals surface area contributed by atoms with Crippen LogP contribution in [0.1, 0.15) is 53.9 Å². The fraction of sp³-hybridized carbons (Fsp3) is 0.529. The molecular formula is C17H29N. The topological polar surface area (TPSA) is 12.0 Å². The third-order valence-electron chi connectivity index (χ3n) is 3.21. The SMILES string of the molecule is C/C=C(/C=C/CCC)C(=C/C(C)=C(/C)CC)\NC. The number of hydrogen-bond donors (Lipinski definition) is 1. The monoisotopic (exact) mass is 247 g/mol. The fourth-order valence-corrected chi connectivity index (χ4v) is 1.64. The molecule has 0 aromatic rings. The zero-order chi connectivity index (χ0) is 14.0. The Bertz CT molecular complexity index is 354. The molecule has 0 heterocycles. The van der Waals surface area contributed by atoms with Crippen LogP contribution in [0.5, 0.6) is 0 Å².